The second kappa shape index (κ2) is 8.03. The van der Waals surface area contributed by atoms with Crippen LogP contribution in [0.1, 0.15) is 10.4 Å². The first-order valence-electron chi connectivity index (χ1n) is 7.65. The topological polar surface area (TPSA) is 76.0 Å². The van der Waals surface area contributed by atoms with E-state index in [1.54, 1.807) is 48.7 Å². The number of aromatic nitrogens is 2. The van der Waals surface area contributed by atoms with Crippen LogP contribution in [-0.4, -0.2) is 28.1 Å². The number of carbonyl (C=O) groups is 2. The minimum absolute atomic E-state index is 0.163. The second-order valence-electron chi connectivity index (χ2n) is 5.39. The summed E-state index contributed by atoms with van der Waals surface area (Å²) < 4.78 is 1.54. The van der Waals surface area contributed by atoms with E-state index in [0.717, 1.165) is 5.69 Å². The fraction of sp³-hybridized carbons (Fsp3) is 0.0556. The zero-order valence-electron chi connectivity index (χ0n) is 13.4. The van der Waals surface area contributed by atoms with E-state index in [4.69, 9.17) is 23.2 Å². The fourth-order valence-electron chi connectivity index (χ4n) is 2.20. The summed E-state index contributed by atoms with van der Waals surface area (Å²) in [6, 6.07) is 13.8. The van der Waals surface area contributed by atoms with Gasteiger partial charge in [-0.15, -0.1) is 0 Å². The Balaban J connectivity index is 1.57. The standard InChI is InChI=1S/C18H14Cl2N4O2/c19-13-4-6-15(7-5-13)23-17(25)10-21-18(26)12-9-22-24(11-12)16-3-1-2-14(20)8-16/h1-9,11H,10H2,(H,21,26)(H,23,25). The van der Waals surface area contributed by atoms with Crippen molar-refractivity contribution in [3.63, 3.8) is 0 Å². The average Bonchev–Trinajstić information content (AvgIpc) is 3.12. The van der Waals surface area contributed by atoms with Crippen molar-refractivity contribution in [3.8, 4) is 5.69 Å². The van der Waals surface area contributed by atoms with Gasteiger partial charge in [-0.1, -0.05) is 29.3 Å². The first kappa shape index (κ1) is 18.0. The van der Waals surface area contributed by atoms with Crippen LogP contribution in [0.25, 0.3) is 5.69 Å². The SMILES string of the molecule is O=C(CNC(=O)c1cnn(-c2cccc(Cl)c2)c1)Nc1ccc(Cl)cc1. The Morgan fingerprint density at radius 1 is 1.04 bits per heavy atom. The first-order valence-corrected chi connectivity index (χ1v) is 8.41. The van der Waals surface area contributed by atoms with Gasteiger partial charge in [0.15, 0.2) is 0 Å². The van der Waals surface area contributed by atoms with Crippen LogP contribution in [0, 0.1) is 0 Å². The molecule has 3 rings (SSSR count). The number of rotatable bonds is 5. The molecule has 0 unspecified atom stereocenters. The number of nitrogens with one attached hydrogen (secondary N) is 2. The number of anilines is 1. The molecule has 6 nitrogen and oxygen atoms in total. The van der Waals surface area contributed by atoms with E-state index in [9.17, 15) is 9.59 Å². The third kappa shape index (κ3) is 4.62. The summed E-state index contributed by atoms with van der Waals surface area (Å²) in [5.41, 5.74) is 1.67. The van der Waals surface area contributed by atoms with Crippen molar-refractivity contribution in [3.05, 3.63) is 76.5 Å². The molecule has 0 saturated carbocycles. The Bertz CT molecular complexity index is 938. The van der Waals surface area contributed by atoms with Crippen LogP contribution in [-0.2, 0) is 4.79 Å². The predicted octanol–water partition coefficient (Wildman–Crippen LogP) is 3.55. The van der Waals surface area contributed by atoms with Crippen molar-refractivity contribution in [1.29, 1.82) is 0 Å². The highest BCUT2D eigenvalue weighted by Gasteiger charge is 2.11. The summed E-state index contributed by atoms with van der Waals surface area (Å²) in [6.07, 6.45) is 2.99. The summed E-state index contributed by atoms with van der Waals surface area (Å²) in [5, 5.41) is 10.5. The number of hydrogen-bond acceptors (Lipinski definition) is 3. The third-order valence-electron chi connectivity index (χ3n) is 3.46. The Hall–Kier alpha value is -2.83. The molecule has 1 heterocycles. The van der Waals surface area contributed by atoms with Gasteiger partial charge in [0, 0.05) is 21.9 Å². The zero-order valence-corrected chi connectivity index (χ0v) is 15.0. The smallest absolute Gasteiger partial charge is 0.254 e. The molecule has 3 aromatic rings. The van der Waals surface area contributed by atoms with Crippen LogP contribution in [0.3, 0.4) is 0 Å². The van der Waals surface area contributed by atoms with Gasteiger partial charge in [0.25, 0.3) is 5.91 Å². The lowest BCUT2D eigenvalue weighted by Gasteiger charge is -2.06. The quantitative estimate of drug-likeness (QED) is 0.701. The van der Waals surface area contributed by atoms with Gasteiger partial charge >= 0.3 is 0 Å². The van der Waals surface area contributed by atoms with Crippen LogP contribution in [0.4, 0.5) is 5.69 Å². The van der Waals surface area contributed by atoms with Crippen molar-refractivity contribution < 1.29 is 9.59 Å². The van der Waals surface area contributed by atoms with E-state index in [1.807, 2.05) is 6.07 Å². The number of halogens is 2. The maximum Gasteiger partial charge on any atom is 0.254 e. The van der Waals surface area contributed by atoms with Gasteiger partial charge < -0.3 is 10.6 Å². The average molecular weight is 389 g/mol. The minimum atomic E-state index is -0.399. The van der Waals surface area contributed by atoms with Gasteiger partial charge in [0.2, 0.25) is 5.91 Å². The third-order valence-corrected chi connectivity index (χ3v) is 3.94. The molecule has 0 fully saturated rings. The van der Waals surface area contributed by atoms with Crippen LogP contribution >= 0.6 is 23.2 Å². The normalized spacial score (nSPS) is 10.4. The second-order valence-corrected chi connectivity index (χ2v) is 6.26. The molecule has 0 saturated heterocycles. The van der Waals surface area contributed by atoms with E-state index in [-0.39, 0.29) is 12.5 Å². The van der Waals surface area contributed by atoms with Gasteiger partial charge in [-0.2, -0.15) is 5.10 Å². The molecule has 0 radical (unpaired) electrons. The Kier molecular flexibility index (Phi) is 5.55. The van der Waals surface area contributed by atoms with E-state index in [2.05, 4.69) is 15.7 Å². The molecule has 0 aliphatic rings. The summed E-state index contributed by atoms with van der Waals surface area (Å²) in [4.78, 5) is 24.1. The zero-order chi connectivity index (χ0) is 18.5. The molecule has 8 heteroatoms. The molecule has 0 atom stereocenters. The Labute approximate surface area is 159 Å². The van der Waals surface area contributed by atoms with Crippen molar-refractivity contribution in [2.45, 2.75) is 0 Å². The predicted molar refractivity (Wildman–Crippen MR) is 101 cm³/mol. The molecule has 26 heavy (non-hydrogen) atoms. The van der Waals surface area contributed by atoms with Crippen molar-refractivity contribution >= 4 is 40.7 Å². The highest BCUT2D eigenvalue weighted by Crippen LogP contribution is 2.15. The number of benzene rings is 2. The lowest BCUT2D eigenvalue weighted by atomic mass is 10.3. The van der Waals surface area contributed by atoms with Gasteiger partial charge in [-0.3, -0.25) is 9.59 Å². The summed E-state index contributed by atoms with van der Waals surface area (Å²) >= 11 is 11.7. The molecule has 1 aromatic heterocycles. The molecule has 0 aliphatic heterocycles. The molecule has 2 N–H and O–H groups in total. The van der Waals surface area contributed by atoms with Crippen LogP contribution in [0.5, 0.6) is 0 Å². The van der Waals surface area contributed by atoms with Crippen LogP contribution in [0.15, 0.2) is 60.9 Å². The van der Waals surface area contributed by atoms with Crippen LogP contribution in [0.2, 0.25) is 10.0 Å². The molecule has 2 aromatic carbocycles. The first-order chi connectivity index (χ1) is 12.5. The van der Waals surface area contributed by atoms with E-state index >= 15 is 0 Å². The summed E-state index contributed by atoms with van der Waals surface area (Å²) in [7, 11) is 0. The number of nitrogens with zero attached hydrogens (tertiary/aromatic N) is 2. The minimum Gasteiger partial charge on any atom is -0.343 e. The maximum atomic E-state index is 12.2. The Morgan fingerprint density at radius 2 is 1.81 bits per heavy atom. The summed E-state index contributed by atoms with van der Waals surface area (Å²) in [6.45, 7) is -0.163. The van der Waals surface area contributed by atoms with Crippen molar-refractivity contribution in [2.75, 3.05) is 11.9 Å². The van der Waals surface area contributed by atoms with E-state index in [0.29, 0.717) is 21.3 Å². The highest BCUT2D eigenvalue weighted by molar-refractivity contribution is 6.31. The lowest BCUT2D eigenvalue weighted by Crippen LogP contribution is -2.32. The van der Waals surface area contributed by atoms with Crippen LogP contribution < -0.4 is 10.6 Å². The lowest BCUT2D eigenvalue weighted by molar-refractivity contribution is -0.115. The van der Waals surface area contributed by atoms with Gasteiger partial charge in [0.05, 0.1) is 24.0 Å². The van der Waals surface area contributed by atoms with Gasteiger partial charge in [-0.25, -0.2) is 4.68 Å². The largest absolute Gasteiger partial charge is 0.343 e. The van der Waals surface area contributed by atoms with Gasteiger partial charge in [0.1, 0.15) is 0 Å². The molecule has 2 amide bonds. The summed E-state index contributed by atoms with van der Waals surface area (Å²) in [5.74, 6) is -0.743. The van der Waals surface area contributed by atoms with Crippen molar-refractivity contribution in [2.24, 2.45) is 0 Å². The van der Waals surface area contributed by atoms with Crippen molar-refractivity contribution in [1.82, 2.24) is 15.1 Å². The number of amides is 2. The molecule has 0 aliphatic carbocycles. The molecule has 0 spiro atoms. The number of carbonyl (C=O) groups excluding carboxylic acids is 2. The fourth-order valence-corrected chi connectivity index (χ4v) is 2.51. The molecule has 132 valence electrons. The molecule has 0 bridgehead atoms. The molecular formula is C18H14Cl2N4O2. The highest BCUT2D eigenvalue weighted by atomic mass is 35.5. The van der Waals surface area contributed by atoms with Gasteiger partial charge in [-0.05, 0) is 42.5 Å². The molecular weight excluding hydrogens is 375 g/mol. The maximum absolute atomic E-state index is 12.2. The monoisotopic (exact) mass is 388 g/mol. The number of hydrogen-bond donors (Lipinski definition) is 2. The van der Waals surface area contributed by atoms with E-state index in [1.165, 1.54) is 10.9 Å². The van der Waals surface area contributed by atoms with E-state index < -0.39 is 5.91 Å². The Morgan fingerprint density at radius 3 is 2.54 bits per heavy atom.